The van der Waals surface area contributed by atoms with Crippen LogP contribution in [-0.2, 0) is 13.2 Å². The van der Waals surface area contributed by atoms with Crippen molar-refractivity contribution in [2.75, 3.05) is 40.3 Å². The predicted octanol–water partition coefficient (Wildman–Crippen LogP) is 6.80. The SMILES string of the molecule is CCN(C)CCCCCCCN(C)CCCn1c(COc2ccc(Cl)cc2)nc2c(C)cccc21. The van der Waals surface area contributed by atoms with Gasteiger partial charge in [-0.2, -0.15) is 0 Å². The second-order valence-electron chi connectivity index (χ2n) is 9.69. The molecule has 35 heavy (non-hydrogen) atoms. The fraction of sp³-hybridized carbons (Fsp3) is 0.552. The van der Waals surface area contributed by atoms with Gasteiger partial charge in [0.05, 0.1) is 11.0 Å². The van der Waals surface area contributed by atoms with Gasteiger partial charge in [-0.3, -0.25) is 0 Å². The number of hydrogen-bond donors (Lipinski definition) is 0. The van der Waals surface area contributed by atoms with Gasteiger partial charge in [0.2, 0.25) is 0 Å². The van der Waals surface area contributed by atoms with Crippen LogP contribution in [0.4, 0.5) is 0 Å². The highest BCUT2D eigenvalue weighted by atomic mass is 35.5. The third-order valence-electron chi connectivity index (χ3n) is 6.78. The number of imidazole rings is 1. The van der Waals surface area contributed by atoms with Gasteiger partial charge in [0.15, 0.2) is 0 Å². The van der Waals surface area contributed by atoms with Gasteiger partial charge in [0.25, 0.3) is 0 Å². The van der Waals surface area contributed by atoms with E-state index in [1.807, 2.05) is 24.3 Å². The Morgan fingerprint density at radius 3 is 2.23 bits per heavy atom. The molecule has 0 aliphatic rings. The number of aromatic nitrogens is 2. The first-order chi connectivity index (χ1) is 17.0. The molecule has 3 aromatic rings. The van der Waals surface area contributed by atoms with Crippen LogP contribution in [0.15, 0.2) is 42.5 Å². The smallest absolute Gasteiger partial charge is 0.148 e. The van der Waals surface area contributed by atoms with E-state index in [1.54, 1.807) is 0 Å². The first kappa shape index (κ1) is 27.5. The Bertz CT molecular complexity index is 1020. The fourth-order valence-corrected chi connectivity index (χ4v) is 4.56. The Labute approximate surface area is 217 Å². The van der Waals surface area contributed by atoms with Crippen molar-refractivity contribution >= 4 is 22.6 Å². The van der Waals surface area contributed by atoms with E-state index in [-0.39, 0.29) is 0 Å². The van der Waals surface area contributed by atoms with E-state index in [1.165, 1.54) is 56.3 Å². The maximum Gasteiger partial charge on any atom is 0.148 e. The molecule has 0 saturated heterocycles. The third kappa shape index (κ3) is 8.82. The van der Waals surface area contributed by atoms with Crippen molar-refractivity contribution in [1.29, 1.82) is 0 Å². The molecule has 0 aliphatic heterocycles. The second-order valence-corrected chi connectivity index (χ2v) is 10.1. The zero-order valence-electron chi connectivity index (χ0n) is 22.1. The van der Waals surface area contributed by atoms with Crippen LogP contribution in [0.25, 0.3) is 11.0 Å². The summed E-state index contributed by atoms with van der Waals surface area (Å²) in [6.45, 7) is 10.4. The Hall–Kier alpha value is -2.08. The zero-order valence-corrected chi connectivity index (χ0v) is 22.9. The molecule has 0 spiro atoms. The normalized spacial score (nSPS) is 11.7. The number of ether oxygens (including phenoxy) is 1. The summed E-state index contributed by atoms with van der Waals surface area (Å²) in [6, 6.07) is 13.9. The molecule has 3 rings (SSSR count). The van der Waals surface area contributed by atoms with Gasteiger partial charge in [-0.1, -0.05) is 49.9 Å². The minimum atomic E-state index is 0.444. The number of rotatable bonds is 16. The number of benzene rings is 2. The van der Waals surface area contributed by atoms with Crippen LogP contribution in [-0.4, -0.2) is 59.6 Å². The van der Waals surface area contributed by atoms with Gasteiger partial charge in [-0.15, -0.1) is 0 Å². The van der Waals surface area contributed by atoms with Crippen molar-refractivity contribution in [3.63, 3.8) is 0 Å². The Balaban J connectivity index is 1.46. The molecule has 0 bridgehead atoms. The number of nitrogens with zero attached hydrogens (tertiary/aromatic N) is 4. The van der Waals surface area contributed by atoms with Crippen molar-refractivity contribution in [2.24, 2.45) is 0 Å². The molecular weight excluding hydrogens is 456 g/mol. The Morgan fingerprint density at radius 1 is 0.857 bits per heavy atom. The highest BCUT2D eigenvalue weighted by Crippen LogP contribution is 2.22. The lowest BCUT2D eigenvalue weighted by Crippen LogP contribution is -2.22. The molecule has 1 heterocycles. The van der Waals surface area contributed by atoms with Gasteiger partial charge >= 0.3 is 0 Å². The molecule has 0 unspecified atom stereocenters. The second kappa shape index (κ2) is 14.5. The van der Waals surface area contributed by atoms with E-state index < -0.39 is 0 Å². The lowest BCUT2D eigenvalue weighted by molar-refractivity contribution is 0.284. The Morgan fingerprint density at radius 2 is 1.51 bits per heavy atom. The van der Waals surface area contributed by atoms with E-state index in [4.69, 9.17) is 21.3 Å². The molecule has 0 fully saturated rings. The largest absolute Gasteiger partial charge is 0.486 e. The summed E-state index contributed by atoms with van der Waals surface area (Å²) in [5.41, 5.74) is 3.46. The Kier molecular flexibility index (Phi) is 11.4. The average molecular weight is 499 g/mol. The summed E-state index contributed by atoms with van der Waals surface area (Å²) in [5, 5.41) is 0.712. The van der Waals surface area contributed by atoms with Gasteiger partial charge in [0, 0.05) is 11.6 Å². The quantitative estimate of drug-likeness (QED) is 0.203. The molecule has 192 valence electrons. The standard InChI is InChI=1S/C29H43ClN4O/c1-5-32(3)19-9-7-6-8-10-20-33(4)21-12-22-34-27-14-11-13-24(2)29(27)31-28(34)23-35-26-17-15-25(30)16-18-26/h11,13-18H,5-10,12,19-23H2,1-4H3. The molecular formula is C29H43ClN4O. The summed E-state index contributed by atoms with van der Waals surface area (Å²) in [7, 11) is 4.45. The van der Waals surface area contributed by atoms with Crippen molar-refractivity contribution < 1.29 is 4.74 Å². The number of halogens is 1. The number of hydrogen-bond acceptors (Lipinski definition) is 4. The van der Waals surface area contributed by atoms with Crippen molar-refractivity contribution in [3.8, 4) is 5.75 Å². The summed E-state index contributed by atoms with van der Waals surface area (Å²) in [4.78, 5) is 9.81. The first-order valence-electron chi connectivity index (χ1n) is 13.2. The van der Waals surface area contributed by atoms with Crippen molar-refractivity contribution in [1.82, 2.24) is 19.4 Å². The predicted molar refractivity (Wildman–Crippen MR) is 149 cm³/mol. The van der Waals surface area contributed by atoms with E-state index in [0.717, 1.165) is 43.1 Å². The molecule has 0 saturated carbocycles. The molecule has 2 aromatic carbocycles. The molecule has 0 amide bonds. The molecule has 5 nitrogen and oxygen atoms in total. The van der Waals surface area contributed by atoms with Crippen LogP contribution in [0.2, 0.25) is 5.02 Å². The summed E-state index contributed by atoms with van der Waals surface area (Å²) >= 11 is 6.01. The third-order valence-corrected chi connectivity index (χ3v) is 7.03. The van der Waals surface area contributed by atoms with Crippen LogP contribution >= 0.6 is 11.6 Å². The van der Waals surface area contributed by atoms with Crippen LogP contribution < -0.4 is 4.74 Å². The van der Waals surface area contributed by atoms with Gasteiger partial charge in [-0.25, -0.2) is 4.98 Å². The molecule has 6 heteroatoms. The lowest BCUT2D eigenvalue weighted by atomic mass is 10.1. The number of aryl methyl sites for hydroxylation is 2. The number of para-hydroxylation sites is 1. The van der Waals surface area contributed by atoms with Gasteiger partial charge in [-0.05, 0) is 102 Å². The zero-order chi connectivity index (χ0) is 25.0. The van der Waals surface area contributed by atoms with Gasteiger partial charge < -0.3 is 19.1 Å². The molecule has 1 aromatic heterocycles. The first-order valence-corrected chi connectivity index (χ1v) is 13.6. The fourth-order valence-electron chi connectivity index (χ4n) is 4.44. The monoisotopic (exact) mass is 498 g/mol. The van der Waals surface area contributed by atoms with Crippen LogP contribution in [0.5, 0.6) is 5.75 Å². The van der Waals surface area contributed by atoms with Gasteiger partial charge in [0.1, 0.15) is 18.2 Å². The van der Waals surface area contributed by atoms with E-state index in [2.05, 4.69) is 60.5 Å². The van der Waals surface area contributed by atoms with Crippen LogP contribution in [0, 0.1) is 6.92 Å². The minimum absolute atomic E-state index is 0.444. The average Bonchev–Trinajstić information content (AvgIpc) is 3.21. The minimum Gasteiger partial charge on any atom is -0.486 e. The maximum absolute atomic E-state index is 6.04. The van der Waals surface area contributed by atoms with E-state index in [0.29, 0.717) is 11.6 Å². The van der Waals surface area contributed by atoms with E-state index in [9.17, 15) is 0 Å². The van der Waals surface area contributed by atoms with Crippen molar-refractivity contribution in [3.05, 3.63) is 58.9 Å². The van der Waals surface area contributed by atoms with Crippen molar-refractivity contribution in [2.45, 2.75) is 65.5 Å². The summed E-state index contributed by atoms with van der Waals surface area (Å²) < 4.78 is 8.38. The van der Waals surface area contributed by atoms with E-state index >= 15 is 0 Å². The molecule has 0 aliphatic carbocycles. The lowest BCUT2D eigenvalue weighted by Gasteiger charge is -2.18. The summed E-state index contributed by atoms with van der Waals surface area (Å²) in [5.74, 6) is 1.78. The number of unbranched alkanes of at least 4 members (excludes halogenated alkanes) is 4. The molecule has 0 atom stereocenters. The number of fused-ring (bicyclic) bond motifs is 1. The maximum atomic E-state index is 6.04. The van der Waals surface area contributed by atoms with Crippen LogP contribution in [0.1, 0.15) is 56.8 Å². The summed E-state index contributed by atoms with van der Waals surface area (Å²) in [6.07, 6.45) is 7.73. The van der Waals surface area contributed by atoms with Crippen LogP contribution in [0.3, 0.4) is 0 Å². The highest BCUT2D eigenvalue weighted by molar-refractivity contribution is 6.30. The highest BCUT2D eigenvalue weighted by Gasteiger charge is 2.13. The topological polar surface area (TPSA) is 33.5 Å². The molecule has 0 N–H and O–H groups in total. The molecule has 0 radical (unpaired) electrons.